The van der Waals surface area contributed by atoms with Gasteiger partial charge in [-0.2, -0.15) is 0 Å². The van der Waals surface area contributed by atoms with Gasteiger partial charge in [-0.05, 0) is 35.9 Å². The summed E-state index contributed by atoms with van der Waals surface area (Å²) in [6, 6.07) is 18.4. The molecule has 27 heavy (non-hydrogen) atoms. The molecule has 0 saturated carbocycles. The number of halogens is 1. The van der Waals surface area contributed by atoms with Crippen molar-refractivity contribution in [3.8, 4) is 11.5 Å². The third kappa shape index (κ3) is 5.15. The van der Waals surface area contributed by atoms with Crippen molar-refractivity contribution in [2.75, 3.05) is 7.11 Å². The molecule has 6 heteroatoms. The maximum atomic E-state index is 12.2. The molecular formula is C21H17ClN2O3. The molecule has 3 rings (SSSR count). The highest BCUT2D eigenvalue weighted by atomic mass is 35.5. The van der Waals surface area contributed by atoms with E-state index in [1.54, 1.807) is 24.3 Å². The van der Waals surface area contributed by atoms with E-state index in [4.69, 9.17) is 21.1 Å². The molecule has 0 aliphatic rings. The second-order valence-electron chi connectivity index (χ2n) is 5.59. The van der Waals surface area contributed by atoms with Crippen LogP contribution in [0, 0.1) is 0 Å². The van der Waals surface area contributed by atoms with Crippen molar-refractivity contribution in [1.82, 2.24) is 9.97 Å². The van der Waals surface area contributed by atoms with Gasteiger partial charge in [0.15, 0.2) is 0 Å². The minimum Gasteiger partial charge on any atom is -0.465 e. The van der Waals surface area contributed by atoms with Gasteiger partial charge in [-0.25, -0.2) is 14.8 Å². The van der Waals surface area contributed by atoms with Crippen LogP contribution in [0.4, 0.5) is 0 Å². The Labute approximate surface area is 162 Å². The van der Waals surface area contributed by atoms with Crippen molar-refractivity contribution in [1.29, 1.82) is 0 Å². The molecule has 1 heterocycles. The monoisotopic (exact) mass is 380 g/mol. The summed E-state index contributed by atoms with van der Waals surface area (Å²) in [5.74, 6) is 0.998. The van der Waals surface area contributed by atoms with E-state index in [9.17, 15) is 4.79 Å². The molecule has 5 nitrogen and oxygen atoms in total. The number of hydrogen-bond donors (Lipinski definition) is 0. The molecule has 0 N–H and O–H groups in total. The molecule has 0 saturated heterocycles. The number of nitrogens with zero attached hydrogens (tertiary/aromatic N) is 2. The van der Waals surface area contributed by atoms with Gasteiger partial charge in [-0.1, -0.05) is 48.0 Å². The average Bonchev–Trinajstić information content (AvgIpc) is 2.70. The maximum Gasteiger partial charge on any atom is 0.338 e. The summed E-state index contributed by atoms with van der Waals surface area (Å²) >= 11 is 5.87. The van der Waals surface area contributed by atoms with Crippen LogP contribution >= 0.6 is 11.6 Å². The van der Waals surface area contributed by atoms with Gasteiger partial charge in [0.05, 0.1) is 12.7 Å². The summed E-state index contributed by atoms with van der Waals surface area (Å²) in [5.41, 5.74) is 1.88. The number of hydrogen-bond acceptors (Lipinski definition) is 5. The van der Waals surface area contributed by atoms with Crippen LogP contribution in [0.25, 0.3) is 5.57 Å². The third-order valence-electron chi connectivity index (χ3n) is 3.76. The average molecular weight is 381 g/mol. The molecule has 0 bridgehead atoms. The number of allylic oxidation sites excluding steroid dienone is 1. The summed E-state index contributed by atoms with van der Waals surface area (Å²) in [6.45, 7) is 0. The first-order valence-electron chi connectivity index (χ1n) is 8.24. The summed E-state index contributed by atoms with van der Waals surface area (Å²) in [6.07, 6.45) is 3.57. The first-order chi connectivity index (χ1) is 13.2. The lowest BCUT2D eigenvalue weighted by Crippen LogP contribution is -2.05. The highest BCUT2D eigenvalue weighted by Crippen LogP contribution is 2.24. The van der Waals surface area contributed by atoms with E-state index in [1.165, 1.54) is 13.4 Å². The Morgan fingerprint density at radius 3 is 2.41 bits per heavy atom. The van der Waals surface area contributed by atoms with Crippen LogP contribution in [0.1, 0.15) is 11.3 Å². The lowest BCUT2D eigenvalue weighted by Gasteiger charge is -2.09. The fourth-order valence-corrected chi connectivity index (χ4v) is 2.61. The molecule has 0 aliphatic carbocycles. The van der Waals surface area contributed by atoms with Gasteiger partial charge in [-0.15, -0.1) is 0 Å². The molecule has 0 fully saturated rings. The number of ether oxygens (including phenoxy) is 2. The molecule has 0 radical (unpaired) electrons. The van der Waals surface area contributed by atoms with Crippen molar-refractivity contribution >= 4 is 23.1 Å². The Kier molecular flexibility index (Phi) is 6.18. The van der Waals surface area contributed by atoms with Crippen LogP contribution in [0.3, 0.4) is 0 Å². The van der Waals surface area contributed by atoms with Gasteiger partial charge in [0.2, 0.25) is 0 Å². The highest BCUT2D eigenvalue weighted by molar-refractivity contribution is 6.29. The molecule has 0 aliphatic heterocycles. The van der Waals surface area contributed by atoms with Crippen molar-refractivity contribution < 1.29 is 14.3 Å². The lowest BCUT2D eigenvalue weighted by atomic mass is 10.0. The Balaban J connectivity index is 1.80. The Morgan fingerprint density at radius 1 is 1.04 bits per heavy atom. The van der Waals surface area contributed by atoms with Crippen LogP contribution in [-0.4, -0.2) is 23.0 Å². The maximum absolute atomic E-state index is 12.2. The third-order valence-corrected chi connectivity index (χ3v) is 3.96. The van der Waals surface area contributed by atoms with Crippen LogP contribution in [0.2, 0.25) is 5.15 Å². The van der Waals surface area contributed by atoms with Gasteiger partial charge >= 0.3 is 5.97 Å². The van der Waals surface area contributed by atoms with Crippen LogP contribution < -0.4 is 4.74 Å². The zero-order chi connectivity index (χ0) is 19.1. The van der Waals surface area contributed by atoms with Crippen LogP contribution in [0.15, 0.2) is 73.1 Å². The highest BCUT2D eigenvalue weighted by Gasteiger charge is 2.13. The minimum atomic E-state index is -0.424. The zero-order valence-electron chi connectivity index (χ0n) is 14.6. The van der Waals surface area contributed by atoms with E-state index in [0.29, 0.717) is 28.6 Å². The van der Waals surface area contributed by atoms with E-state index in [2.05, 4.69) is 9.97 Å². The second-order valence-corrected chi connectivity index (χ2v) is 5.97. The molecule has 3 aromatic rings. The van der Waals surface area contributed by atoms with Crippen LogP contribution in [-0.2, 0) is 16.0 Å². The normalized spacial score (nSPS) is 11.1. The van der Waals surface area contributed by atoms with Crippen molar-refractivity contribution in [3.05, 3.63) is 89.5 Å². The Morgan fingerprint density at radius 2 is 1.74 bits per heavy atom. The van der Waals surface area contributed by atoms with Crippen LogP contribution in [0.5, 0.6) is 11.5 Å². The van der Waals surface area contributed by atoms with Gasteiger partial charge in [-0.3, -0.25) is 0 Å². The molecule has 0 spiro atoms. The number of carbonyl (C=O) groups excluding carboxylic acids is 1. The number of esters is 1. The lowest BCUT2D eigenvalue weighted by molar-refractivity contribution is -0.133. The first kappa shape index (κ1) is 18.6. The molecule has 0 amide bonds. The van der Waals surface area contributed by atoms with Crippen molar-refractivity contribution in [3.63, 3.8) is 0 Å². The number of carbonyl (C=O) groups is 1. The molecule has 2 aromatic carbocycles. The van der Waals surface area contributed by atoms with Gasteiger partial charge in [0, 0.05) is 12.1 Å². The van der Waals surface area contributed by atoms with E-state index in [0.717, 1.165) is 11.3 Å². The topological polar surface area (TPSA) is 61.3 Å². The fraction of sp³-hybridized carbons (Fsp3) is 0.0952. The molecule has 1 aromatic heterocycles. The Hall–Kier alpha value is -3.18. The SMILES string of the molecule is COC(=O)/C(=C/Cc1cc(Cl)ncn1)c1ccc(Oc2ccccc2)cc1. The molecule has 0 atom stereocenters. The summed E-state index contributed by atoms with van der Waals surface area (Å²) in [5, 5.41) is 0.357. The second kappa shape index (κ2) is 8.96. The standard InChI is InChI=1S/C21H17ClN2O3/c1-26-21(25)19(12-9-16-13-20(22)24-14-23-16)15-7-10-18(11-8-15)27-17-5-3-2-4-6-17/h2-8,10-14H,9H2,1H3/b19-12+. The number of rotatable bonds is 6. The largest absolute Gasteiger partial charge is 0.465 e. The predicted octanol–water partition coefficient (Wildman–Crippen LogP) is 4.72. The van der Waals surface area contributed by atoms with E-state index in [1.807, 2.05) is 42.5 Å². The molecule has 136 valence electrons. The number of aromatic nitrogens is 2. The summed E-state index contributed by atoms with van der Waals surface area (Å²) in [4.78, 5) is 20.2. The van der Waals surface area contributed by atoms with E-state index >= 15 is 0 Å². The van der Waals surface area contributed by atoms with E-state index in [-0.39, 0.29) is 0 Å². The Bertz CT molecular complexity index is 941. The van der Waals surface area contributed by atoms with Gasteiger partial charge in [0.25, 0.3) is 0 Å². The zero-order valence-corrected chi connectivity index (χ0v) is 15.4. The minimum absolute atomic E-state index is 0.357. The van der Waals surface area contributed by atoms with Crippen molar-refractivity contribution in [2.45, 2.75) is 6.42 Å². The summed E-state index contributed by atoms with van der Waals surface area (Å²) in [7, 11) is 1.35. The predicted molar refractivity (Wildman–Crippen MR) is 104 cm³/mol. The number of para-hydroxylation sites is 1. The fourth-order valence-electron chi connectivity index (χ4n) is 2.44. The smallest absolute Gasteiger partial charge is 0.338 e. The van der Waals surface area contributed by atoms with E-state index < -0.39 is 5.97 Å². The first-order valence-corrected chi connectivity index (χ1v) is 8.62. The number of benzene rings is 2. The van der Waals surface area contributed by atoms with Crippen molar-refractivity contribution in [2.24, 2.45) is 0 Å². The molecule has 0 unspecified atom stereocenters. The van der Waals surface area contributed by atoms with Gasteiger partial charge in [0.1, 0.15) is 23.0 Å². The number of methoxy groups -OCH3 is 1. The molecular weight excluding hydrogens is 364 g/mol. The summed E-state index contributed by atoms with van der Waals surface area (Å²) < 4.78 is 10.7. The quantitative estimate of drug-likeness (QED) is 0.351. The van der Waals surface area contributed by atoms with Gasteiger partial charge < -0.3 is 9.47 Å².